The third kappa shape index (κ3) is 1.65. The Morgan fingerprint density at radius 3 is 3.00 bits per heavy atom. The van der Waals surface area contributed by atoms with Crippen LogP contribution in [0.2, 0.25) is 0 Å². The van der Waals surface area contributed by atoms with Crippen molar-refractivity contribution in [2.45, 2.75) is 19.4 Å². The number of aryl methyl sites for hydroxylation is 1. The molecule has 1 aliphatic rings. The van der Waals surface area contributed by atoms with Crippen molar-refractivity contribution in [2.24, 2.45) is 0 Å². The minimum Gasteiger partial charge on any atom is -0.323 e. The van der Waals surface area contributed by atoms with E-state index in [9.17, 15) is 0 Å². The highest BCUT2D eigenvalue weighted by Gasteiger charge is 2.24. The van der Waals surface area contributed by atoms with E-state index >= 15 is 0 Å². The average Bonchev–Trinajstić information content (AvgIpc) is 2.71. The molecule has 1 aromatic rings. The van der Waals surface area contributed by atoms with Gasteiger partial charge < -0.3 is 14.7 Å². The summed E-state index contributed by atoms with van der Waals surface area (Å²) in [6.07, 6.45) is 1.14. The van der Waals surface area contributed by atoms with Gasteiger partial charge in [0.1, 0.15) is 0 Å². The Balaban J connectivity index is 2.03. The first-order valence-electron chi connectivity index (χ1n) is 4.52. The van der Waals surface area contributed by atoms with Crippen LogP contribution in [0.25, 0.3) is 0 Å². The Hall–Kier alpha value is -1.10. The van der Waals surface area contributed by atoms with Crippen molar-refractivity contribution in [3.63, 3.8) is 0 Å². The summed E-state index contributed by atoms with van der Waals surface area (Å²) in [5.74, 6) is 0.697. The third-order valence-electron chi connectivity index (χ3n) is 2.38. The number of hydrogen-bond donors (Lipinski definition) is 1. The van der Waals surface area contributed by atoms with Crippen LogP contribution in [0.5, 0.6) is 0 Å². The van der Waals surface area contributed by atoms with E-state index in [1.807, 2.05) is 14.0 Å². The number of anilines is 1. The lowest BCUT2D eigenvalue weighted by atomic mass is 10.3. The monoisotopic (exact) mass is 182 g/mol. The molecule has 0 amide bonds. The van der Waals surface area contributed by atoms with Crippen LogP contribution in [0.1, 0.15) is 12.2 Å². The normalized spacial score (nSPS) is 22.6. The number of rotatable bonds is 2. The average molecular weight is 182 g/mol. The first kappa shape index (κ1) is 8.50. The van der Waals surface area contributed by atoms with Crippen LogP contribution >= 0.6 is 0 Å². The summed E-state index contributed by atoms with van der Waals surface area (Å²) < 4.78 is 5.08. The lowest BCUT2D eigenvalue weighted by Gasteiger charge is -2.11. The molecule has 1 aromatic heterocycles. The minimum absolute atomic E-state index is 0.548. The van der Waals surface area contributed by atoms with Gasteiger partial charge >= 0.3 is 6.01 Å². The van der Waals surface area contributed by atoms with Crippen molar-refractivity contribution >= 4 is 6.01 Å². The Bertz CT molecular complexity index is 285. The summed E-state index contributed by atoms with van der Waals surface area (Å²) in [5, 5.41) is 7.00. The van der Waals surface area contributed by atoms with Crippen LogP contribution in [0.3, 0.4) is 0 Å². The van der Waals surface area contributed by atoms with E-state index < -0.39 is 0 Å². The number of likely N-dealkylation sites (N-methyl/N-ethyl adjacent to an activating group) is 1. The van der Waals surface area contributed by atoms with Crippen LogP contribution in [0.4, 0.5) is 6.01 Å². The molecule has 0 bridgehead atoms. The molecule has 0 radical (unpaired) electrons. The third-order valence-corrected chi connectivity index (χ3v) is 2.38. The molecule has 1 atom stereocenters. The Morgan fingerprint density at radius 2 is 2.46 bits per heavy atom. The topological polar surface area (TPSA) is 54.2 Å². The lowest BCUT2D eigenvalue weighted by molar-refractivity contribution is 0.412. The first-order chi connectivity index (χ1) is 6.29. The van der Waals surface area contributed by atoms with Gasteiger partial charge in [0.2, 0.25) is 0 Å². The summed E-state index contributed by atoms with van der Waals surface area (Å²) in [6, 6.07) is 1.20. The summed E-state index contributed by atoms with van der Waals surface area (Å²) in [4.78, 5) is 6.29. The Morgan fingerprint density at radius 1 is 1.62 bits per heavy atom. The van der Waals surface area contributed by atoms with E-state index in [1.54, 1.807) is 0 Å². The van der Waals surface area contributed by atoms with Gasteiger partial charge in [0.25, 0.3) is 0 Å². The van der Waals surface area contributed by atoms with Gasteiger partial charge in [-0.2, -0.15) is 4.98 Å². The van der Waals surface area contributed by atoms with E-state index in [0.29, 0.717) is 17.9 Å². The molecule has 1 unspecified atom stereocenters. The highest BCUT2D eigenvalue weighted by molar-refractivity contribution is 5.27. The molecule has 2 rings (SSSR count). The van der Waals surface area contributed by atoms with Gasteiger partial charge in [-0.3, -0.25) is 0 Å². The van der Waals surface area contributed by atoms with Gasteiger partial charge in [0.15, 0.2) is 5.82 Å². The van der Waals surface area contributed by atoms with E-state index in [0.717, 1.165) is 19.5 Å². The van der Waals surface area contributed by atoms with Crippen molar-refractivity contribution in [3.8, 4) is 0 Å². The summed E-state index contributed by atoms with van der Waals surface area (Å²) in [7, 11) is 1.98. The van der Waals surface area contributed by atoms with Crippen LogP contribution in [0, 0.1) is 6.92 Å². The molecule has 2 heterocycles. The van der Waals surface area contributed by atoms with Crippen molar-refractivity contribution in [2.75, 3.05) is 25.0 Å². The maximum atomic E-state index is 5.08. The Labute approximate surface area is 77.1 Å². The van der Waals surface area contributed by atoms with Gasteiger partial charge in [-0.25, -0.2) is 0 Å². The van der Waals surface area contributed by atoms with E-state index in [2.05, 4.69) is 20.4 Å². The second-order valence-electron chi connectivity index (χ2n) is 3.34. The van der Waals surface area contributed by atoms with Crippen molar-refractivity contribution in [1.82, 2.24) is 15.5 Å². The molecule has 72 valence electrons. The zero-order chi connectivity index (χ0) is 9.26. The van der Waals surface area contributed by atoms with Gasteiger partial charge in [-0.1, -0.05) is 5.16 Å². The molecule has 1 aliphatic heterocycles. The SMILES string of the molecule is CNC1CCN(c2nc(C)no2)C1. The van der Waals surface area contributed by atoms with E-state index in [-0.39, 0.29) is 0 Å². The molecule has 0 aromatic carbocycles. The number of nitrogens with zero attached hydrogens (tertiary/aromatic N) is 3. The number of aromatic nitrogens is 2. The van der Waals surface area contributed by atoms with Gasteiger partial charge in [0.05, 0.1) is 0 Å². The molecule has 0 spiro atoms. The van der Waals surface area contributed by atoms with Gasteiger partial charge in [-0.05, 0) is 20.4 Å². The quantitative estimate of drug-likeness (QED) is 0.707. The molecule has 5 heteroatoms. The molecule has 1 saturated heterocycles. The van der Waals surface area contributed by atoms with Gasteiger partial charge in [0, 0.05) is 19.1 Å². The van der Waals surface area contributed by atoms with E-state index in [1.165, 1.54) is 0 Å². The van der Waals surface area contributed by atoms with Crippen molar-refractivity contribution < 1.29 is 4.52 Å². The standard InChI is InChI=1S/C8H14N4O/c1-6-10-8(13-11-6)12-4-3-7(5-12)9-2/h7,9H,3-5H2,1-2H3. The fourth-order valence-electron chi connectivity index (χ4n) is 1.58. The first-order valence-corrected chi connectivity index (χ1v) is 4.52. The summed E-state index contributed by atoms with van der Waals surface area (Å²) >= 11 is 0. The molecule has 1 fully saturated rings. The Kier molecular flexibility index (Phi) is 2.18. The summed E-state index contributed by atoms with van der Waals surface area (Å²) in [6.45, 7) is 3.78. The lowest BCUT2D eigenvalue weighted by Crippen LogP contribution is -2.29. The largest absolute Gasteiger partial charge is 0.324 e. The molecule has 0 aliphatic carbocycles. The van der Waals surface area contributed by atoms with Crippen LogP contribution < -0.4 is 10.2 Å². The highest BCUT2D eigenvalue weighted by Crippen LogP contribution is 2.17. The van der Waals surface area contributed by atoms with Crippen LogP contribution in [-0.4, -0.2) is 36.3 Å². The smallest absolute Gasteiger partial charge is 0.323 e. The fourth-order valence-corrected chi connectivity index (χ4v) is 1.58. The highest BCUT2D eigenvalue weighted by atomic mass is 16.5. The second-order valence-corrected chi connectivity index (χ2v) is 3.34. The molecule has 0 saturated carbocycles. The summed E-state index contributed by atoms with van der Waals surface area (Å²) in [5.41, 5.74) is 0. The van der Waals surface area contributed by atoms with E-state index in [4.69, 9.17) is 4.52 Å². The maximum Gasteiger partial charge on any atom is 0.324 e. The van der Waals surface area contributed by atoms with Crippen LogP contribution in [0.15, 0.2) is 4.52 Å². The fraction of sp³-hybridized carbons (Fsp3) is 0.750. The second kappa shape index (κ2) is 3.33. The van der Waals surface area contributed by atoms with Crippen molar-refractivity contribution in [3.05, 3.63) is 5.82 Å². The maximum absolute atomic E-state index is 5.08. The molecular formula is C8H14N4O. The van der Waals surface area contributed by atoms with Gasteiger partial charge in [-0.15, -0.1) is 0 Å². The molecule has 5 nitrogen and oxygen atoms in total. The molecule has 13 heavy (non-hydrogen) atoms. The minimum atomic E-state index is 0.548. The number of nitrogens with one attached hydrogen (secondary N) is 1. The predicted octanol–water partition coefficient (Wildman–Crippen LogP) is 0.176. The van der Waals surface area contributed by atoms with Crippen molar-refractivity contribution in [1.29, 1.82) is 0 Å². The zero-order valence-corrected chi connectivity index (χ0v) is 7.95. The zero-order valence-electron chi connectivity index (χ0n) is 7.95. The van der Waals surface area contributed by atoms with Crippen LogP contribution in [-0.2, 0) is 0 Å². The predicted molar refractivity (Wildman–Crippen MR) is 48.7 cm³/mol. The molecular weight excluding hydrogens is 168 g/mol. The number of hydrogen-bond acceptors (Lipinski definition) is 5. The molecule has 1 N–H and O–H groups in total.